The number of likely N-dealkylation sites (N-methyl/N-ethyl adjacent to an activating group) is 2. The lowest BCUT2D eigenvalue weighted by atomic mass is 9.93. The Bertz CT molecular complexity index is 1330. The van der Waals surface area contributed by atoms with Crippen molar-refractivity contribution in [3.63, 3.8) is 0 Å². The molecular weight excluding hydrogens is 633 g/mol. The fourth-order valence-corrected chi connectivity index (χ4v) is 8.66. The molecule has 48 heavy (non-hydrogen) atoms. The molecule has 2 aliphatic carbocycles. The minimum Gasteiger partial charge on any atom is -0.395 e. The number of aliphatic hydroxyl groups excluding tert-OH is 2. The van der Waals surface area contributed by atoms with Gasteiger partial charge in [-0.25, -0.2) is 0 Å². The van der Waals surface area contributed by atoms with Crippen LogP contribution < -0.4 is 0 Å². The van der Waals surface area contributed by atoms with Crippen LogP contribution in [0.2, 0.25) is 0 Å². The average molecular weight is 691 g/mol. The normalized spacial score (nSPS) is 19.1. The largest absolute Gasteiger partial charge is 0.395 e. The van der Waals surface area contributed by atoms with Crippen molar-refractivity contribution in [2.75, 3.05) is 78.1 Å². The van der Waals surface area contributed by atoms with Crippen molar-refractivity contribution in [3.8, 4) is 0 Å². The zero-order valence-electron chi connectivity index (χ0n) is 30.2. The van der Waals surface area contributed by atoms with Crippen molar-refractivity contribution in [3.05, 3.63) is 117 Å². The van der Waals surface area contributed by atoms with E-state index in [0.717, 1.165) is 63.4 Å². The maximum absolute atomic E-state index is 9.31. The highest BCUT2D eigenvalue weighted by Crippen LogP contribution is 2.32. The minimum atomic E-state index is 0.187. The molecule has 0 amide bonds. The molecule has 4 aliphatic rings. The summed E-state index contributed by atoms with van der Waals surface area (Å²) in [7, 11) is 8.11. The van der Waals surface area contributed by atoms with Crippen molar-refractivity contribution >= 4 is 21.6 Å². The molecule has 0 atom stereocenters. The molecule has 6 nitrogen and oxygen atoms in total. The quantitative estimate of drug-likeness (QED) is 0.120. The maximum Gasteiger partial charge on any atom is 0.0606 e. The monoisotopic (exact) mass is 690 g/mol. The van der Waals surface area contributed by atoms with Crippen LogP contribution in [0.15, 0.2) is 117 Å². The number of aliphatic hydroxyl groups is 2. The summed E-state index contributed by atoms with van der Waals surface area (Å²) in [4.78, 5) is 9.38. The second-order valence-electron chi connectivity index (χ2n) is 13.1. The summed E-state index contributed by atoms with van der Waals surface area (Å²) >= 11 is 0. The Morgan fingerprint density at radius 1 is 0.708 bits per heavy atom. The molecule has 0 radical (unpaired) electrons. The first-order chi connectivity index (χ1) is 23.2. The van der Waals surface area contributed by atoms with Crippen LogP contribution in [0, 0.1) is 0 Å². The fraction of sp³-hybridized carbons (Fsp3) is 0.500. The van der Waals surface area contributed by atoms with Crippen molar-refractivity contribution in [1.82, 2.24) is 19.6 Å². The van der Waals surface area contributed by atoms with E-state index in [1.165, 1.54) is 56.2 Å². The lowest BCUT2D eigenvalue weighted by Crippen LogP contribution is -2.28. The van der Waals surface area contributed by atoms with Crippen LogP contribution in [-0.4, -0.2) is 108 Å². The van der Waals surface area contributed by atoms with E-state index >= 15 is 0 Å². The predicted molar refractivity (Wildman–Crippen MR) is 209 cm³/mol. The highest BCUT2D eigenvalue weighted by atomic mass is 33.1. The number of allylic oxidation sites excluding steroid dienone is 16. The molecular formula is C40H58N4O2S2. The van der Waals surface area contributed by atoms with Gasteiger partial charge in [-0.2, -0.15) is 0 Å². The van der Waals surface area contributed by atoms with Gasteiger partial charge in [0.05, 0.1) is 13.2 Å². The molecule has 0 saturated carbocycles. The Morgan fingerprint density at radius 2 is 1.12 bits per heavy atom. The van der Waals surface area contributed by atoms with Gasteiger partial charge in [-0.1, -0.05) is 58.0 Å². The van der Waals surface area contributed by atoms with Crippen molar-refractivity contribution in [2.45, 2.75) is 53.4 Å². The van der Waals surface area contributed by atoms with Crippen LogP contribution in [0.5, 0.6) is 0 Å². The van der Waals surface area contributed by atoms with Crippen LogP contribution in [-0.2, 0) is 0 Å². The van der Waals surface area contributed by atoms with Crippen LogP contribution in [0.1, 0.15) is 53.4 Å². The molecule has 2 heterocycles. The summed E-state index contributed by atoms with van der Waals surface area (Å²) in [5.41, 5.74) is 13.4. The first-order valence-corrected chi connectivity index (χ1v) is 20.0. The molecule has 0 bridgehead atoms. The second kappa shape index (κ2) is 19.4. The topological polar surface area (TPSA) is 53.4 Å². The third-order valence-corrected chi connectivity index (χ3v) is 12.0. The Hall–Kier alpha value is -2.78. The first-order valence-electron chi connectivity index (χ1n) is 17.5. The molecule has 0 saturated heterocycles. The summed E-state index contributed by atoms with van der Waals surface area (Å²) < 4.78 is 0. The van der Waals surface area contributed by atoms with Crippen molar-refractivity contribution in [1.29, 1.82) is 0 Å². The number of nitrogens with zero attached hydrogens (tertiary/aromatic N) is 4. The van der Waals surface area contributed by atoms with E-state index in [1.54, 1.807) is 0 Å². The Labute approximate surface area is 298 Å². The highest BCUT2D eigenvalue weighted by Gasteiger charge is 2.18. The van der Waals surface area contributed by atoms with E-state index in [9.17, 15) is 10.2 Å². The van der Waals surface area contributed by atoms with E-state index in [1.807, 2.05) is 21.6 Å². The Balaban J connectivity index is 1.26. The molecule has 4 rings (SSSR count). The standard InChI is InChI=1S/C40H58N4O2S2/c1-31-29-37(41(5)19-23-45)15-13-35(31)27-33(3)39-11-7-9-17-43(39)21-25-47-48-26-22-44-18-10-8-12-40(44)34(4)28-36-14-16-38(30-32(36)2)42(6)20-24-46/h7-12,27-30,45-46H,13-26H2,1-6H3/b33-27+,34-28+. The van der Waals surface area contributed by atoms with E-state index in [-0.39, 0.29) is 13.2 Å². The molecule has 0 aromatic heterocycles. The van der Waals surface area contributed by atoms with Gasteiger partial charge < -0.3 is 29.8 Å². The summed E-state index contributed by atoms with van der Waals surface area (Å²) in [5, 5.41) is 18.6. The molecule has 2 aliphatic heterocycles. The van der Waals surface area contributed by atoms with Crippen molar-refractivity contribution in [2.24, 2.45) is 0 Å². The van der Waals surface area contributed by atoms with Gasteiger partial charge in [-0.3, -0.25) is 0 Å². The lowest BCUT2D eigenvalue weighted by Gasteiger charge is -2.30. The van der Waals surface area contributed by atoms with Crippen LogP contribution in [0.4, 0.5) is 0 Å². The number of rotatable bonds is 17. The molecule has 2 N–H and O–H groups in total. The second-order valence-corrected chi connectivity index (χ2v) is 15.8. The van der Waals surface area contributed by atoms with Crippen molar-refractivity contribution < 1.29 is 10.2 Å². The summed E-state index contributed by atoms with van der Waals surface area (Å²) in [6, 6.07) is 0. The molecule has 0 aromatic rings. The summed E-state index contributed by atoms with van der Waals surface area (Å²) in [6.07, 6.45) is 26.9. The van der Waals surface area contributed by atoms with Gasteiger partial charge in [0.2, 0.25) is 0 Å². The number of hydrogen-bond donors (Lipinski definition) is 2. The van der Waals surface area contributed by atoms with Gasteiger partial charge in [0.25, 0.3) is 0 Å². The van der Waals surface area contributed by atoms with Gasteiger partial charge >= 0.3 is 0 Å². The van der Waals surface area contributed by atoms with Gasteiger partial charge in [0.15, 0.2) is 0 Å². The zero-order valence-corrected chi connectivity index (χ0v) is 31.8. The first kappa shape index (κ1) is 38.0. The lowest BCUT2D eigenvalue weighted by molar-refractivity contribution is 0.242. The summed E-state index contributed by atoms with van der Waals surface area (Å²) in [5.74, 6) is 2.18. The fourth-order valence-electron chi connectivity index (χ4n) is 6.68. The molecule has 0 unspecified atom stereocenters. The van der Waals surface area contributed by atoms with Crippen LogP contribution in [0.25, 0.3) is 0 Å². The van der Waals surface area contributed by atoms with E-state index < -0.39 is 0 Å². The van der Waals surface area contributed by atoms with Gasteiger partial charge in [0.1, 0.15) is 0 Å². The smallest absolute Gasteiger partial charge is 0.0606 e. The van der Waals surface area contributed by atoms with E-state index in [0.29, 0.717) is 13.1 Å². The Kier molecular flexibility index (Phi) is 15.4. The molecule has 0 spiro atoms. The van der Waals surface area contributed by atoms with Crippen LogP contribution in [0.3, 0.4) is 0 Å². The SMILES string of the molecule is CC1=C(/C=C(\C)C2=CC=CCN2CCSSCCN2CC=CC=C2/C(C)=C/C2=C(C)C=C(N(C)CCO)CC2)CCC(N(C)CCO)=C1. The third kappa shape index (κ3) is 10.9. The molecule has 262 valence electrons. The van der Waals surface area contributed by atoms with Gasteiger partial charge in [-0.05, 0) is 111 Å². The van der Waals surface area contributed by atoms with E-state index in [2.05, 4.69) is 122 Å². The molecule has 8 heteroatoms. The minimum absolute atomic E-state index is 0.187. The highest BCUT2D eigenvalue weighted by molar-refractivity contribution is 8.76. The Morgan fingerprint density at radius 3 is 1.50 bits per heavy atom. The predicted octanol–water partition coefficient (Wildman–Crippen LogP) is 7.61. The summed E-state index contributed by atoms with van der Waals surface area (Å²) in [6.45, 7) is 14.7. The molecule has 0 aromatic carbocycles. The van der Waals surface area contributed by atoms with Crippen LogP contribution >= 0.6 is 21.6 Å². The zero-order chi connectivity index (χ0) is 34.5. The number of hydrogen-bond acceptors (Lipinski definition) is 8. The van der Waals surface area contributed by atoms with E-state index in [4.69, 9.17) is 0 Å². The average Bonchev–Trinajstić information content (AvgIpc) is 3.08. The maximum atomic E-state index is 9.31. The van der Waals surface area contributed by atoms with Gasteiger partial charge in [0, 0.05) is 87.7 Å². The molecule has 0 fully saturated rings. The third-order valence-electron chi connectivity index (χ3n) is 9.61. The van der Waals surface area contributed by atoms with Gasteiger partial charge in [-0.15, -0.1) is 0 Å².